The Hall–Kier alpha value is -2.00. The fraction of sp³-hybridized carbons (Fsp3) is 0.0714. The number of hydrogen-bond donors (Lipinski definition) is 1. The molecule has 2 aromatic carbocycles. The zero-order valence-electron chi connectivity index (χ0n) is 9.01. The van der Waals surface area contributed by atoms with Crippen molar-refractivity contribution in [1.29, 1.82) is 0 Å². The molecule has 1 N–H and O–H groups in total. The lowest BCUT2D eigenvalue weighted by atomic mass is 10.00. The maximum Gasteiger partial charge on any atom is 0.150 e. The van der Waals surface area contributed by atoms with E-state index in [2.05, 4.69) is 0 Å². The molecule has 0 aliphatic heterocycles. The lowest BCUT2D eigenvalue weighted by Crippen LogP contribution is -2.00. The Bertz CT molecular complexity index is 520. The summed E-state index contributed by atoms with van der Waals surface area (Å²) < 4.78 is 12.7. The van der Waals surface area contributed by atoms with Crippen LogP contribution in [0.2, 0.25) is 0 Å². The molecular formula is C14H11FO2. The molecule has 2 aromatic rings. The van der Waals surface area contributed by atoms with Gasteiger partial charge in [-0.2, -0.15) is 0 Å². The van der Waals surface area contributed by atoms with E-state index < -0.39 is 6.10 Å². The van der Waals surface area contributed by atoms with Crippen molar-refractivity contribution in [2.24, 2.45) is 0 Å². The molecule has 0 saturated heterocycles. The number of benzene rings is 2. The lowest BCUT2D eigenvalue weighted by molar-refractivity contribution is 0.112. The third kappa shape index (κ3) is 2.57. The minimum Gasteiger partial charge on any atom is -0.384 e. The number of carbonyl (C=O) groups excluding carboxylic acids is 1. The molecule has 1 atom stereocenters. The number of hydrogen-bond acceptors (Lipinski definition) is 2. The fourth-order valence-corrected chi connectivity index (χ4v) is 1.64. The molecule has 86 valence electrons. The van der Waals surface area contributed by atoms with Crippen molar-refractivity contribution in [3.8, 4) is 0 Å². The van der Waals surface area contributed by atoms with E-state index in [-0.39, 0.29) is 5.82 Å². The Balaban J connectivity index is 2.32. The largest absolute Gasteiger partial charge is 0.384 e. The maximum atomic E-state index is 12.7. The standard InChI is InChI=1S/C14H11FO2/c15-13-6-4-11(5-7-13)14(17)12-3-1-2-10(8-12)9-16/h1-9,14,17H. The second-order valence-corrected chi connectivity index (χ2v) is 3.74. The van der Waals surface area contributed by atoms with Crippen LogP contribution in [0.4, 0.5) is 4.39 Å². The van der Waals surface area contributed by atoms with Gasteiger partial charge >= 0.3 is 0 Å². The molecule has 2 nitrogen and oxygen atoms in total. The van der Waals surface area contributed by atoms with Crippen LogP contribution in [0.3, 0.4) is 0 Å². The molecule has 0 aliphatic rings. The van der Waals surface area contributed by atoms with Gasteiger partial charge in [-0.25, -0.2) is 4.39 Å². The SMILES string of the molecule is O=Cc1cccc(C(O)c2ccc(F)cc2)c1. The third-order valence-corrected chi connectivity index (χ3v) is 2.55. The van der Waals surface area contributed by atoms with Crippen LogP contribution in [0, 0.1) is 5.82 Å². The number of halogens is 1. The molecule has 0 saturated carbocycles. The predicted molar refractivity (Wildman–Crippen MR) is 62.3 cm³/mol. The summed E-state index contributed by atoms with van der Waals surface area (Å²) >= 11 is 0. The van der Waals surface area contributed by atoms with Crippen molar-refractivity contribution in [2.45, 2.75) is 6.10 Å². The number of aldehydes is 1. The highest BCUT2D eigenvalue weighted by Crippen LogP contribution is 2.22. The highest BCUT2D eigenvalue weighted by molar-refractivity contribution is 5.75. The average molecular weight is 230 g/mol. The van der Waals surface area contributed by atoms with Crippen molar-refractivity contribution >= 4 is 6.29 Å². The summed E-state index contributed by atoms with van der Waals surface area (Å²) in [5.41, 5.74) is 1.71. The summed E-state index contributed by atoms with van der Waals surface area (Å²) in [5, 5.41) is 10.1. The third-order valence-electron chi connectivity index (χ3n) is 2.55. The second-order valence-electron chi connectivity index (χ2n) is 3.74. The quantitative estimate of drug-likeness (QED) is 0.823. The molecule has 17 heavy (non-hydrogen) atoms. The molecule has 0 radical (unpaired) electrons. The van der Waals surface area contributed by atoms with Crippen molar-refractivity contribution in [2.75, 3.05) is 0 Å². The van der Waals surface area contributed by atoms with E-state index in [1.807, 2.05) is 0 Å². The van der Waals surface area contributed by atoms with Crippen LogP contribution < -0.4 is 0 Å². The van der Waals surface area contributed by atoms with E-state index in [4.69, 9.17) is 0 Å². The number of carbonyl (C=O) groups is 1. The molecule has 0 aliphatic carbocycles. The van der Waals surface area contributed by atoms with Crippen molar-refractivity contribution in [3.63, 3.8) is 0 Å². The summed E-state index contributed by atoms with van der Waals surface area (Å²) in [6.07, 6.45) is -0.128. The molecule has 2 rings (SSSR count). The van der Waals surface area contributed by atoms with Crippen molar-refractivity contribution in [3.05, 3.63) is 71.0 Å². The Labute approximate surface area is 98.3 Å². The maximum absolute atomic E-state index is 12.7. The number of aliphatic hydroxyl groups excluding tert-OH is 1. The highest BCUT2D eigenvalue weighted by atomic mass is 19.1. The van der Waals surface area contributed by atoms with Crippen LogP contribution in [0.1, 0.15) is 27.6 Å². The van der Waals surface area contributed by atoms with Crippen LogP contribution in [0.25, 0.3) is 0 Å². The summed E-state index contributed by atoms with van der Waals surface area (Å²) in [6, 6.07) is 12.3. The number of rotatable bonds is 3. The summed E-state index contributed by atoms with van der Waals surface area (Å²) in [4.78, 5) is 10.6. The minimum atomic E-state index is -0.851. The zero-order valence-corrected chi connectivity index (χ0v) is 9.01. The first kappa shape index (κ1) is 11.5. The molecule has 0 fully saturated rings. The molecule has 0 bridgehead atoms. The van der Waals surface area contributed by atoms with Crippen LogP contribution in [-0.4, -0.2) is 11.4 Å². The van der Waals surface area contributed by atoms with Gasteiger partial charge in [0.05, 0.1) is 0 Å². The normalized spacial score (nSPS) is 12.1. The monoisotopic (exact) mass is 230 g/mol. The molecule has 3 heteroatoms. The van der Waals surface area contributed by atoms with Crippen LogP contribution >= 0.6 is 0 Å². The van der Waals surface area contributed by atoms with Gasteiger partial charge in [0.25, 0.3) is 0 Å². The first-order valence-electron chi connectivity index (χ1n) is 5.19. The van der Waals surface area contributed by atoms with Crippen molar-refractivity contribution < 1.29 is 14.3 Å². The van der Waals surface area contributed by atoms with Crippen LogP contribution in [0.15, 0.2) is 48.5 Å². The van der Waals surface area contributed by atoms with Gasteiger partial charge in [0.1, 0.15) is 18.2 Å². The van der Waals surface area contributed by atoms with Gasteiger partial charge in [-0.15, -0.1) is 0 Å². The molecule has 0 aromatic heterocycles. The molecule has 0 heterocycles. The fourth-order valence-electron chi connectivity index (χ4n) is 1.64. The highest BCUT2D eigenvalue weighted by Gasteiger charge is 2.10. The summed E-state index contributed by atoms with van der Waals surface area (Å²) in [6.45, 7) is 0. The molecular weight excluding hydrogens is 219 g/mol. The van der Waals surface area contributed by atoms with Crippen molar-refractivity contribution in [1.82, 2.24) is 0 Å². The van der Waals surface area contributed by atoms with Gasteiger partial charge in [-0.05, 0) is 29.3 Å². The lowest BCUT2D eigenvalue weighted by Gasteiger charge is -2.11. The van der Waals surface area contributed by atoms with Crippen LogP contribution in [0.5, 0.6) is 0 Å². The topological polar surface area (TPSA) is 37.3 Å². The van der Waals surface area contributed by atoms with E-state index >= 15 is 0 Å². The molecule has 1 unspecified atom stereocenters. The smallest absolute Gasteiger partial charge is 0.150 e. The first-order valence-corrected chi connectivity index (χ1v) is 5.19. The second kappa shape index (κ2) is 4.89. The van der Waals surface area contributed by atoms with Gasteiger partial charge in [-0.1, -0.05) is 30.3 Å². The van der Waals surface area contributed by atoms with E-state index in [9.17, 15) is 14.3 Å². The Morgan fingerprint density at radius 1 is 1.06 bits per heavy atom. The van der Waals surface area contributed by atoms with E-state index in [1.165, 1.54) is 24.3 Å². The zero-order chi connectivity index (χ0) is 12.3. The minimum absolute atomic E-state index is 0.345. The molecule has 0 spiro atoms. The van der Waals surface area contributed by atoms with Gasteiger partial charge in [0, 0.05) is 5.56 Å². The van der Waals surface area contributed by atoms with Gasteiger partial charge in [0.2, 0.25) is 0 Å². The summed E-state index contributed by atoms with van der Waals surface area (Å²) in [5.74, 6) is -0.345. The van der Waals surface area contributed by atoms with Gasteiger partial charge in [0.15, 0.2) is 0 Å². The predicted octanol–water partition coefficient (Wildman–Crippen LogP) is 2.72. The van der Waals surface area contributed by atoms with Crippen LogP contribution in [-0.2, 0) is 0 Å². The Kier molecular flexibility index (Phi) is 3.30. The Morgan fingerprint density at radius 2 is 1.76 bits per heavy atom. The van der Waals surface area contributed by atoms with E-state index in [0.717, 1.165) is 6.29 Å². The summed E-state index contributed by atoms with van der Waals surface area (Å²) in [7, 11) is 0. The van der Waals surface area contributed by atoms with E-state index in [1.54, 1.807) is 24.3 Å². The first-order chi connectivity index (χ1) is 8.20. The number of aliphatic hydroxyl groups is 1. The Morgan fingerprint density at radius 3 is 2.41 bits per heavy atom. The van der Waals surface area contributed by atoms with Gasteiger partial charge < -0.3 is 5.11 Å². The van der Waals surface area contributed by atoms with Gasteiger partial charge in [-0.3, -0.25) is 4.79 Å². The average Bonchev–Trinajstić information content (AvgIpc) is 2.39. The van der Waals surface area contributed by atoms with E-state index in [0.29, 0.717) is 16.7 Å². The molecule has 0 amide bonds.